The largest absolute Gasteiger partial charge is 0.395 e. The number of nitriles is 1. The second kappa shape index (κ2) is 8.47. The average Bonchev–Trinajstić information content (AvgIpc) is 2.48. The summed E-state index contributed by atoms with van der Waals surface area (Å²) in [6.07, 6.45) is 3.42. The van der Waals surface area contributed by atoms with E-state index in [1.807, 2.05) is 30.9 Å². The molecule has 6 nitrogen and oxygen atoms in total. The maximum atomic E-state index is 12.2. The van der Waals surface area contributed by atoms with Gasteiger partial charge in [-0.1, -0.05) is 19.9 Å². The van der Waals surface area contributed by atoms with Crippen LogP contribution in [0.2, 0.25) is 0 Å². The Kier molecular flexibility index (Phi) is 6.96. The Morgan fingerprint density at radius 2 is 2.32 bits per heavy atom. The smallest absolute Gasteiger partial charge is 0.235 e. The second-order valence-corrected chi connectivity index (χ2v) is 5.81. The monoisotopic (exact) mass is 304 g/mol. The van der Waals surface area contributed by atoms with Gasteiger partial charge in [-0.15, -0.1) is 0 Å². The van der Waals surface area contributed by atoms with Crippen LogP contribution >= 0.6 is 0 Å². The van der Waals surface area contributed by atoms with Crippen LogP contribution in [0, 0.1) is 17.2 Å². The third-order valence-corrected chi connectivity index (χ3v) is 3.70. The number of nitrogens with one attached hydrogen (secondary N) is 1. The van der Waals surface area contributed by atoms with Crippen LogP contribution in [0.25, 0.3) is 0 Å². The summed E-state index contributed by atoms with van der Waals surface area (Å²) in [4.78, 5) is 18.1. The van der Waals surface area contributed by atoms with Crippen LogP contribution in [0.3, 0.4) is 0 Å². The zero-order valence-electron chi connectivity index (χ0n) is 13.4. The standard InChI is InChI=1S/C16H24N4O2/c1-13(2)16(3,12-17)19-15(22)11-20(7-8-21)10-14-5-4-6-18-9-14/h4-6,9,13,21H,7-8,10-11H2,1-3H3,(H,19,22). The first-order chi connectivity index (χ1) is 10.4. The number of aliphatic hydroxyl groups excluding tert-OH is 1. The van der Waals surface area contributed by atoms with Gasteiger partial charge in [0.05, 0.1) is 19.2 Å². The van der Waals surface area contributed by atoms with Crippen molar-refractivity contribution >= 4 is 5.91 Å². The van der Waals surface area contributed by atoms with Crippen LogP contribution in [0.1, 0.15) is 26.3 Å². The molecule has 1 rings (SSSR count). The molecule has 0 spiro atoms. The summed E-state index contributed by atoms with van der Waals surface area (Å²) in [7, 11) is 0. The van der Waals surface area contributed by atoms with E-state index in [4.69, 9.17) is 5.11 Å². The lowest BCUT2D eigenvalue weighted by Gasteiger charge is -2.29. The predicted molar refractivity (Wildman–Crippen MR) is 83.6 cm³/mol. The lowest BCUT2D eigenvalue weighted by Crippen LogP contribution is -2.52. The number of hydrogen-bond donors (Lipinski definition) is 2. The molecule has 1 unspecified atom stereocenters. The number of carbonyl (C=O) groups is 1. The number of rotatable bonds is 8. The van der Waals surface area contributed by atoms with E-state index < -0.39 is 5.54 Å². The van der Waals surface area contributed by atoms with Crippen molar-refractivity contribution in [3.8, 4) is 6.07 Å². The van der Waals surface area contributed by atoms with Crippen LogP contribution < -0.4 is 5.32 Å². The molecule has 1 aromatic rings. The lowest BCUT2D eigenvalue weighted by atomic mass is 9.90. The fraction of sp³-hybridized carbons (Fsp3) is 0.562. The van der Waals surface area contributed by atoms with Gasteiger partial charge in [0.2, 0.25) is 5.91 Å². The fourth-order valence-electron chi connectivity index (χ4n) is 1.94. The number of aliphatic hydroxyl groups is 1. The quantitative estimate of drug-likeness (QED) is 0.746. The Labute approximate surface area is 131 Å². The zero-order chi connectivity index (χ0) is 16.6. The molecule has 0 bridgehead atoms. The van der Waals surface area contributed by atoms with E-state index in [9.17, 15) is 10.1 Å². The van der Waals surface area contributed by atoms with Gasteiger partial charge in [-0.25, -0.2) is 0 Å². The minimum absolute atomic E-state index is 0.00562. The molecule has 0 saturated carbocycles. The second-order valence-electron chi connectivity index (χ2n) is 5.81. The Morgan fingerprint density at radius 1 is 1.59 bits per heavy atom. The molecule has 0 saturated heterocycles. The van der Waals surface area contributed by atoms with Gasteiger partial charge >= 0.3 is 0 Å². The topological polar surface area (TPSA) is 89.2 Å². The summed E-state index contributed by atoms with van der Waals surface area (Å²) < 4.78 is 0. The van der Waals surface area contributed by atoms with E-state index in [1.54, 1.807) is 19.3 Å². The van der Waals surface area contributed by atoms with Crippen molar-refractivity contribution in [2.45, 2.75) is 32.9 Å². The SMILES string of the molecule is CC(C)C(C)(C#N)NC(=O)CN(CCO)Cc1cccnc1. The summed E-state index contributed by atoms with van der Waals surface area (Å²) in [5.74, 6) is -0.221. The van der Waals surface area contributed by atoms with Crippen molar-refractivity contribution < 1.29 is 9.90 Å². The van der Waals surface area contributed by atoms with E-state index in [2.05, 4.69) is 16.4 Å². The predicted octanol–water partition coefficient (Wildman–Crippen LogP) is 0.930. The highest BCUT2D eigenvalue weighted by Crippen LogP contribution is 2.15. The van der Waals surface area contributed by atoms with Crippen molar-refractivity contribution in [2.24, 2.45) is 5.92 Å². The number of amides is 1. The molecule has 0 fully saturated rings. The first kappa shape index (κ1) is 18.1. The van der Waals surface area contributed by atoms with Crippen LogP contribution in [0.15, 0.2) is 24.5 Å². The van der Waals surface area contributed by atoms with E-state index in [0.717, 1.165) is 5.56 Å². The molecule has 120 valence electrons. The minimum atomic E-state index is -0.893. The highest BCUT2D eigenvalue weighted by Gasteiger charge is 2.30. The molecule has 0 aliphatic rings. The normalized spacial score (nSPS) is 13.7. The highest BCUT2D eigenvalue weighted by atomic mass is 16.3. The van der Waals surface area contributed by atoms with Gasteiger partial charge in [0.25, 0.3) is 0 Å². The summed E-state index contributed by atoms with van der Waals surface area (Å²) in [5, 5.41) is 21.2. The van der Waals surface area contributed by atoms with Crippen molar-refractivity contribution in [2.75, 3.05) is 19.7 Å². The Hall–Kier alpha value is -1.97. The van der Waals surface area contributed by atoms with Crippen LogP contribution in [-0.4, -0.2) is 46.1 Å². The summed E-state index contributed by atoms with van der Waals surface area (Å²) in [5.41, 5.74) is 0.0756. The lowest BCUT2D eigenvalue weighted by molar-refractivity contribution is -0.124. The Balaban J connectivity index is 2.67. The van der Waals surface area contributed by atoms with Crippen LogP contribution in [0.4, 0.5) is 0 Å². The Morgan fingerprint density at radius 3 is 2.82 bits per heavy atom. The van der Waals surface area contributed by atoms with Gasteiger partial charge in [-0.3, -0.25) is 14.7 Å². The summed E-state index contributed by atoms with van der Waals surface area (Å²) in [6.45, 7) is 6.50. The number of hydrogen-bond acceptors (Lipinski definition) is 5. The van der Waals surface area contributed by atoms with E-state index >= 15 is 0 Å². The first-order valence-corrected chi connectivity index (χ1v) is 7.35. The summed E-state index contributed by atoms with van der Waals surface area (Å²) >= 11 is 0. The van der Waals surface area contributed by atoms with Gasteiger partial charge < -0.3 is 10.4 Å². The molecule has 1 aromatic heterocycles. The maximum absolute atomic E-state index is 12.2. The molecule has 0 aliphatic carbocycles. The molecule has 1 atom stereocenters. The molecule has 0 aromatic carbocycles. The molecule has 0 aliphatic heterocycles. The summed E-state index contributed by atoms with van der Waals surface area (Å²) in [6, 6.07) is 5.90. The zero-order valence-corrected chi connectivity index (χ0v) is 13.4. The van der Waals surface area contributed by atoms with E-state index in [-0.39, 0.29) is 25.0 Å². The average molecular weight is 304 g/mol. The van der Waals surface area contributed by atoms with Gasteiger partial charge in [-0.2, -0.15) is 5.26 Å². The minimum Gasteiger partial charge on any atom is -0.395 e. The van der Waals surface area contributed by atoms with Crippen molar-refractivity contribution in [3.05, 3.63) is 30.1 Å². The molecule has 22 heavy (non-hydrogen) atoms. The van der Waals surface area contributed by atoms with Gasteiger partial charge in [0.1, 0.15) is 5.54 Å². The van der Waals surface area contributed by atoms with Gasteiger partial charge in [0, 0.05) is 25.5 Å². The highest BCUT2D eigenvalue weighted by molar-refractivity contribution is 5.79. The van der Waals surface area contributed by atoms with E-state index in [0.29, 0.717) is 13.1 Å². The van der Waals surface area contributed by atoms with Gasteiger partial charge in [0.15, 0.2) is 0 Å². The molecular formula is C16H24N4O2. The molecule has 0 radical (unpaired) electrons. The number of nitrogens with zero attached hydrogens (tertiary/aromatic N) is 3. The number of carbonyl (C=O) groups excluding carboxylic acids is 1. The Bertz CT molecular complexity index is 513. The van der Waals surface area contributed by atoms with E-state index in [1.165, 1.54) is 0 Å². The van der Waals surface area contributed by atoms with Crippen LogP contribution in [-0.2, 0) is 11.3 Å². The van der Waals surface area contributed by atoms with Gasteiger partial charge in [-0.05, 0) is 24.5 Å². The molecule has 2 N–H and O–H groups in total. The third kappa shape index (κ3) is 5.43. The molecule has 1 amide bonds. The molecule has 1 heterocycles. The maximum Gasteiger partial charge on any atom is 0.235 e. The van der Waals surface area contributed by atoms with Crippen LogP contribution in [0.5, 0.6) is 0 Å². The number of pyridine rings is 1. The fourth-order valence-corrected chi connectivity index (χ4v) is 1.94. The van der Waals surface area contributed by atoms with Crippen molar-refractivity contribution in [1.82, 2.24) is 15.2 Å². The van der Waals surface area contributed by atoms with Crippen molar-refractivity contribution in [1.29, 1.82) is 5.26 Å². The first-order valence-electron chi connectivity index (χ1n) is 7.35. The molecule has 6 heteroatoms. The third-order valence-electron chi connectivity index (χ3n) is 3.70. The molecular weight excluding hydrogens is 280 g/mol. The number of aromatic nitrogens is 1. The van der Waals surface area contributed by atoms with Crippen molar-refractivity contribution in [3.63, 3.8) is 0 Å².